The molecule has 6 heteroatoms. The predicted octanol–water partition coefficient (Wildman–Crippen LogP) is 3.66. The lowest BCUT2D eigenvalue weighted by atomic mass is 9.40. The average molecular weight is 308 g/mol. The van der Waals surface area contributed by atoms with Gasteiger partial charge in [-0.05, 0) is 55.4 Å². The smallest absolute Gasteiger partial charge is 0.403 e. The Balaban J connectivity index is 2.31. The minimum Gasteiger partial charge on any atom is -0.403 e. The minimum atomic E-state index is -0.601. The Hall–Kier alpha value is -0.290. The lowest BCUT2D eigenvalue weighted by Gasteiger charge is -2.32. The van der Waals surface area contributed by atoms with Crippen LogP contribution in [0, 0.1) is 0 Å². The molecule has 0 radical (unpaired) electrons. The predicted molar refractivity (Wildman–Crippen MR) is 90.7 cm³/mol. The topological polar surface area (TPSA) is 36.9 Å². The fourth-order valence-electron chi connectivity index (χ4n) is 2.50. The van der Waals surface area contributed by atoms with Crippen LogP contribution in [0.15, 0.2) is 12.7 Å². The summed E-state index contributed by atoms with van der Waals surface area (Å²) in [6.07, 6.45) is 1.83. The quantitative estimate of drug-likeness (QED) is 0.589. The van der Waals surface area contributed by atoms with Crippen LogP contribution < -0.4 is 0 Å². The Kier molecular flexibility index (Phi) is 3.98. The van der Waals surface area contributed by atoms with Crippen molar-refractivity contribution in [1.82, 2.24) is 0 Å². The van der Waals surface area contributed by atoms with Gasteiger partial charge in [-0.25, -0.2) is 0 Å². The molecule has 2 heterocycles. The number of hydrogen-bond acceptors (Lipinski definition) is 4. The highest BCUT2D eigenvalue weighted by Gasteiger charge is 2.66. The highest BCUT2D eigenvalue weighted by molar-refractivity contribution is 6.72. The molecule has 0 aromatic heterocycles. The van der Waals surface area contributed by atoms with Crippen molar-refractivity contribution in [3.63, 3.8) is 0 Å². The first-order valence-corrected chi connectivity index (χ1v) is 8.03. The first kappa shape index (κ1) is 18.1. The van der Waals surface area contributed by atoms with E-state index in [0.717, 1.165) is 0 Å². The highest BCUT2D eigenvalue weighted by Crippen LogP contribution is 2.51. The lowest BCUT2D eigenvalue weighted by Crippen LogP contribution is -2.45. The Morgan fingerprint density at radius 3 is 1.09 bits per heavy atom. The Morgan fingerprint density at radius 2 is 0.909 bits per heavy atom. The summed E-state index contributed by atoms with van der Waals surface area (Å²) in [5.74, 6) is 0. The van der Waals surface area contributed by atoms with Crippen molar-refractivity contribution in [2.45, 2.75) is 89.9 Å². The van der Waals surface area contributed by atoms with Crippen LogP contribution in [0.3, 0.4) is 0 Å². The third-order valence-corrected chi connectivity index (χ3v) is 5.96. The molecule has 2 aliphatic heterocycles. The second kappa shape index (κ2) is 4.85. The van der Waals surface area contributed by atoms with Crippen LogP contribution >= 0.6 is 0 Å². The highest BCUT2D eigenvalue weighted by atomic mass is 16.7. The molecule has 124 valence electrons. The summed E-state index contributed by atoms with van der Waals surface area (Å²) in [5, 5.41) is -0.601. The van der Waals surface area contributed by atoms with E-state index in [4.69, 9.17) is 18.6 Å². The van der Waals surface area contributed by atoms with Crippen LogP contribution in [0.5, 0.6) is 0 Å². The molecule has 0 bridgehead atoms. The van der Waals surface area contributed by atoms with Crippen LogP contribution in [0.4, 0.5) is 0 Å². The van der Waals surface area contributed by atoms with Crippen molar-refractivity contribution in [3.8, 4) is 0 Å². The SMILES string of the molecule is C=CC(C)(B1OC(C)(C)C(C)(C)O1)B1OC(C)(C)C(C)(C)O1. The molecule has 4 nitrogen and oxygen atoms in total. The average Bonchev–Trinajstić information content (AvgIpc) is 2.68. The van der Waals surface area contributed by atoms with Crippen molar-refractivity contribution < 1.29 is 18.6 Å². The Bertz CT molecular complexity index is 403. The van der Waals surface area contributed by atoms with Gasteiger partial charge >= 0.3 is 14.2 Å². The maximum atomic E-state index is 6.22. The number of hydrogen-bond donors (Lipinski definition) is 0. The van der Waals surface area contributed by atoms with Gasteiger partial charge in [0, 0.05) is 0 Å². The zero-order valence-electron chi connectivity index (χ0n) is 15.6. The third-order valence-electron chi connectivity index (χ3n) is 5.96. The molecule has 2 rings (SSSR count). The van der Waals surface area contributed by atoms with E-state index in [2.05, 4.69) is 6.58 Å². The molecule has 0 aromatic rings. The summed E-state index contributed by atoms with van der Waals surface area (Å²) in [6.45, 7) is 22.4. The van der Waals surface area contributed by atoms with Gasteiger partial charge in [-0.2, -0.15) is 0 Å². The van der Waals surface area contributed by atoms with E-state index in [1.807, 2.05) is 68.4 Å². The van der Waals surface area contributed by atoms with Gasteiger partial charge < -0.3 is 18.6 Å². The summed E-state index contributed by atoms with van der Waals surface area (Å²) < 4.78 is 24.9. The summed E-state index contributed by atoms with van der Waals surface area (Å²) in [4.78, 5) is 0. The Labute approximate surface area is 136 Å². The van der Waals surface area contributed by atoms with Gasteiger partial charge in [0.25, 0.3) is 0 Å². The molecule has 0 amide bonds. The summed E-state index contributed by atoms with van der Waals surface area (Å²) >= 11 is 0. The van der Waals surface area contributed by atoms with E-state index in [-0.39, 0.29) is 0 Å². The molecule has 0 saturated carbocycles. The first-order valence-electron chi connectivity index (χ1n) is 8.03. The molecule has 22 heavy (non-hydrogen) atoms. The largest absolute Gasteiger partial charge is 0.465 e. The van der Waals surface area contributed by atoms with Crippen LogP contribution in [0.2, 0.25) is 5.21 Å². The molecule has 0 aromatic carbocycles. The minimum absolute atomic E-state index is 0.397. The van der Waals surface area contributed by atoms with E-state index >= 15 is 0 Å². The maximum Gasteiger partial charge on any atom is 0.465 e. The molecule has 2 fully saturated rings. The molecule has 2 saturated heterocycles. The van der Waals surface area contributed by atoms with E-state index in [0.29, 0.717) is 0 Å². The molecule has 0 aliphatic carbocycles. The molecule has 0 atom stereocenters. The molecule has 2 aliphatic rings. The van der Waals surface area contributed by atoms with Crippen LogP contribution in [0.1, 0.15) is 62.3 Å². The summed E-state index contributed by atoms with van der Waals surface area (Å²) in [7, 11) is -0.936. The molecular formula is C16H30B2O4. The zero-order valence-corrected chi connectivity index (χ0v) is 15.6. The second-order valence-electron chi connectivity index (χ2n) is 8.75. The third kappa shape index (κ3) is 2.48. The monoisotopic (exact) mass is 308 g/mol. The lowest BCUT2D eigenvalue weighted by molar-refractivity contribution is 0.00578. The van der Waals surface area contributed by atoms with Gasteiger partial charge in [-0.1, -0.05) is 13.0 Å². The standard InChI is InChI=1S/C16H30B2O4/c1-11-16(10,17-19-12(2,3)13(4,5)20-17)18-21-14(6,7)15(8,9)22-18/h11H,1H2,2-10H3. The fraction of sp³-hybridized carbons (Fsp3) is 0.875. The normalized spacial score (nSPS) is 29.0. The second-order valence-corrected chi connectivity index (χ2v) is 8.75. The summed E-state index contributed by atoms with van der Waals surface area (Å²) in [5.41, 5.74) is -1.59. The summed E-state index contributed by atoms with van der Waals surface area (Å²) in [6, 6.07) is 0. The molecule has 0 N–H and O–H groups in total. The molecule has 0 unspecified atom stereocenters. The molecular weight excluding hydrogens is 278 g/mol. The van der Waals surface area contributed by atoms with E-state index < -0.39 is 41.9 Å². The van der Waals surface area contributed by atoms with Gasteiger partial charge in [-0.3, -0.25) is 0 Å². The number of rotatable bonds is 3. The van der Waals surface area contributed by atoms with E-state index in [1.165, 1.54) is 0 Å². The van der Waals surface area contributed by atoms with Crippen molar-refractivity contribution in [2.75, 3.05) is 0 Å². The van der Waals surface area contributed by atoms with Crippen LogP contribution in [0.25, 0.3) is 0 Å². The van der Waals surface area contributed by atoms with Gasteiger partial charge in [0.05, 0.1) is 27.6 Å². The number of allylic oxidation sites excluding steroid dienone is 1. The van der Waals surface area contributed by atoms with E-state index in [9.17, 15) is 0 Å². The van der Waals surface area contributed by atoms with Gasteiger partial charge in [-0.15, -0.1) is 6.58 Å². The van der Waals surface area contributed by atoms with Crippen LogP contribution in [-0.4, -0.2) is 36.6 Å². The maximum absolute atomic E-state index is 6.22. The zero-order chi connectivity index (χ0) is 17.2. The van der Waals surface area contributed by atoms with E-state index in [1.54, 1.807) is 0 Å². The molecule has 0 spiro atoms. The van der Waals surface area contributed by atoms with Crippen LogP contribution in [-0.2, 0) is 18.6 Å². The van der Waals surface area contributed by atoms with Crippen molar-refractivity contribution in [2.24, 2.45) is 0 Å². The van der Waals surface area contributed by atoms with Gasteiger partial charge in [0.1, 0.15) is 0 Å². The van der Waals surface area contributed by atoms with Crippen molar-refractivity contribution >= 4 is 14.2 Å². The van der Waals surface area contributed by atoms with Gasteiger partial charge in [0.2, 0.25) is 0 Å². The van der Waals surface area contributed by atoms with Gasteiger partial charge in [0.15, 0.2) is 0 Å². The fourth-order valence-corrected chi connectivity index (χ4v) is 2.50. The Morgan fingerprint density at radius 1 is 0.682 bits per heavy atom. The first-order chi connectivity index (χ1) is 9.69. The van der Waals surface area contributed by atoms with Crippen molar-refractivity contribution in [1.29, 1.82) is 0 Å². The van der Waals surface area contributed by atoms with Crippen molar-refractivity contribution in [3.05, 3.63) is 12.7 Å².